The van der Waals surface area contributed by atoms with Crippen LogP contribution < -0.4 is 9.64 Å². The average molecular weight is 422 g/mol. The number of hydrogen-bond acceptors (Lipinski definition) is 8. The van der Waals surface area contributed by atoms with Crippen LogP contribution in [0.15, 0.2) is 24.3 Å². The Hall–Kier alpha value is -2.22. The zero-order valence-corrected chi connectivity index (χ0v) is 18.6. The fourth-order valence-electron chi connectivity index (χ4n) is 5.14. The predicted octanol–water partition coefficient (Wildman–Crippen LogP) is 2.66. The molecule has 1 aliphatic heterocycles. The normalized spacial score (nSPS) is 26.0. The minimum atomic E-state index is -0.872. The van der Waals surface area contributed by atoms with Crippen LogP contribution in [0, 0.1) is 10.8 Å². The van der Waals surface area contributed by atoms with Crippen LogP contribution in [0.1, 0.15) is 27.7 Å². The lowest BCUT2D eigenvalue weighted by molar-refractivity contribution is -0.166. The van der Waals surface area contributed by atoms with Gasteiger partial charge < -0.3 is 19.1 Å². The number of hydrogen-bond donors (Lipinski definition) is 0. The second-order valence-corrected chi connectivity index (χ2v) is 9.67. The van der Waals surface area contributed by atoms with Gasteiger partial charge in [0.15, 0.2) is 5.37 Å². The van der Waals surface area contributed by atoms with E-state index in [0.29, 0.717) is 11.4 Å². The topological polar surface area (TPSA) is 82.1 Å². The van der Waals surface area contributed by atoms with Gasteiger partial charge in [-0.2, -0.15) is 0 Å². The van der Waals surface area contributed by atoms with Gasteiger partial charge >= 0.3 is 11.9 Å². The van der Waals surface area contributed by atoms with E-state index in [4.69, 9.17) is 14.2 Å². The second kappa shape index (κ2) is 6.93. The quantitative estimate of drug-likeness (QED) is 0.687. The van der Waals surface area contributed by atoms with Gasteiger partial charge in [-0.1, -0.05) is 27.7 Å². The smallest absolute Gasteiger partial charge is 0.339 e. The van der Waals surface area contributed by atoms with Crippen molar-refractivity contribution in [2.45, 2.75) is 43.9 Å². The Morgan fingerprint density at radius 1 is 0.931 bits per heavy atom. The Bertz CT molecular complexity index is 829. The number of nitrogens with zero attached hydrogens (tertiary/aromatic N) is 1. The van der Waals surface area contributed by atoms with Crippen LogP contribution in [0.4, 0.5) is 5.69 Å². The van der Waals surface area contributed by atoms with Crippen molar-refractivity contribution in [3.8, 4) is 5.75 Å². The highest BCUT2D eigenvalue weighted by Gasteiger charge is 2.81. The molecule has 1 aromatic carbocycles. The van der Waals surface area contributed by atoms with Gasteiger partial charge in [0.25, 0.3) is 0 Å². The van der Waals surface area contributed by atoms with Gasteiger partial charge in [0.2, 0.25) is 0 Å². The summed E-state index contributed by atoms with van der Waals surface area (Å²) in [7, 11) is 4.20. The van der Waals surface area contributed by atoms with Crippen molar-refractivity contribution in [2.75, 3.05) is 26.2 Å². The molecule has 158 valence electrons. The van der Waals surface area contributed by atoms with Gasteiger partial charge in [-0.05, 0) is 24.3 Å². The number of anilines is 1. The summed E-state index contributed by atoms with van der Waals surface area (Å²) in [5.74, 6) is -0.276. The second-order valence-electron chi connectivity index (χ2n) is 8.34. The average Bonchev–Trinajstić information content (AvgIpc) is 3.11. The molecule has 0 aromatic heterocycles. The summed E-state index contributed by atoms with van der Waals surface area (Å²) in [4.78, 5) is 40.6. The molecule has 1 saturated carbocycles. The van der Waals surface area contributed by atoms with E-state index in [1.807, 2.05) is 27.7 Å². The molecule has 1 spiro atoms. The Balaban J connectivity index is 2.24. The number of ether oxygens (including phenoxy) is 3. The summed E-state index contributed by atoms with van der Waals surface area (Å²) in [6, 6.07) is 6.24. The molecule has 2 atom stereocenters. The standard InChI is InChI=1S/C21H27NO6S/c1-19(2)18(25)20(3,4)21(19)14(16(23)27-6)22(15(29-21)17(24)28-7)12-8-10-13(26-5)11-9-12/h8-11,14-15H,1-7H3/t14-,15-/m0/s1. The van der Waals surface area contributed by atoms with E-state index in [2.05, 4.69) is 0 Å². The van der Waals surface area contributed by atoms with Crippen molar-refractivity contribution < 1.29 is 28.6 Å². The first kappa shape index (κ1) is 21.5. The first-order valence-corrected chi connectivity index (χ1v) is 10.2. The van der Waals surface area contributed by atoms with Crippen LogP contribution >= 0.6 is 11.8 Å². The van der Waals surface area contributed by atoms with Crippen LogP contribution in [0.2, 0.25) is 0 Å². The first-order valence-electron chi connectivity index (χ1n) is 9.32. The van der Waals surface area contributed by atoms with E-state index in [-0.39, 0.29) is 5.78 Å². The fourth-order valence-corrected chi connectivity index (χ4v) is 7.15. The summed E-state index contributed by atoms with van der Waals surface area (Å²) in [5.41, 5.74) is -1.03. The number of rotatable bonds is 4. The number of carbonyl (C=O) groups excluding carboxylic acids is 3. The fraction of sp³-hybridized carbons (Fsp3) is 0.571. The molecule has 0 amide bonds. The molecule has 2 aliphatic rings. The molecule has 1 saturated heterocycles. The minimum absolute atomic E-state index is 0.0478. The highest BCUT2D eigenvalue weighted by Crippen LogP contribution is 2.72. The van der Waals surface area contributed by atoms with Gasteiger partial charge in [-0.15, -0.1) is 11.8 Å². The van der Waals surface area contributed by atoms with E-state index in [1.54, 1.807) is 36.3 Å². The molecule has 0 radical (unpaired) electrons. The van der Waals surface area contributed by atoms with E-state index in [0.717, 1.165) is 0 Å². The molecule has 0 N–H and O–H groups in total. The van der Waals surface area contributed by atoms with Gasteiger partial charge in [0.1, 0.15) is 17.6 Å². The van der Waals surface area contributed by atoms with Crippen molar-refractivity contribution in [1.82, 2.24) is 0 Å². The molecule has 1 aliphatic carbocycles. The molecule has 1 heterocycles. The Labute approximate surface area is 175 Å². The molecule has 29 heavy (non-hydrogen) atoms. The molecular formula is C21H27NO6S. The highest BCUT2D eigenvalue weighted by molar-refractivity contribution is 8.02. The summed E-state index contributed by atoms with van der Waals surface area (Å²) in [6.07, 6.45) is 0. The number of esters is 2. The van der Waals surface area contributed by atoms with Gasteiger partial charge in [-0.3, -0.25) is 4.79 Å². The molecular weight excluding hydrogens is 394 g/mol. The van der Waals surface area contributed by atoms with Gasteiger partial charge in [0, 0.05) is 16.5 Å². The summed E-state index contributed by atoms with van der Waals surface area (Å²) >= 11 is 1.31. The van der Waals surface area contributed by atoms with E-state index >= 15 is 0 Å². The van der Waals surface area contributed by atoms with Crippen molar-refractivity contribution in [3.05, 3.63) is 24.3 Å². The zero-order chi connectivity index (χ0) is 21.8. The number of carbonyl (C=O) groups is 3. The van der Waals surface area contributed by atoms with E-state index in [9.17, 15) is 14.4 Å². The molecule has 2 fully saturated rings. The molecule has 1 aromatic rings. The third kappa shape index (κ3) is 2.61. The van der Waals surface area contributed by atoms with Crippen LogP contribution in [-0.4, -0.2) is 55.2 Å². The predicted molar refractivity (Wildman–Crippen MR) is 110 cm³/mol. The monoisotopic (exact) mass is 421 g/mol. The number of Topliss-reactive ketones (excluding diaryl/α,β-unsaturated/α-hetero) is 1. The van der Waals surface area contributed by atoms with Crippen molar-refractivity contribution in [1.29, 1.82) is 0 Å². The molecule has 3 rings (SSSR count). The number of methoxy groups -OCH3 is 3. The number of thioether (sulfide) groups is 1. The Kier molecular flexibility index (Phi) is 5.14. The number of benzene rings is 1. The van der Waals surface area contributed by atoms with Crippen molar-refractivity contribution in [2.24, 2.45) is 10.8 Å². The van der Waals surface area contributed by atoms with Crippen LogP contribution in [0.25, 0.3) is 0 Å². The lowest BCUT2D eigenvalue weighted by atomic mass is 9.44. The third-order valence-electron chi connectivity index (χ3n) is 6.40. The maximum atomic E-state index is 13.1. The zero-order valence-electron chi connectivity index (χ0n) is 17.8. The first-order chi connectivity index (χ1) is 13.5. The maximum absolute atomic E-state index is 13.1. The molecule has 7 nitrogen and oxygen atoms in total. The van der Waals surface area contributed by atoms with Gasteiger partial charge in [0.05, 0.1) is 26.1 Å². The third-order valence-corrected chi connectivity index (χ3v) is 8.66. The minimum Gasteiger partial charge on any atom is -0.497 e. The Morgan fingerprint density at radius 3 is 1.90 bits per heavy atom. The molecule has 0 bridgehead atoms. The molecule has 0 unspecified atom stereocenters. The molecule has 8 heteroatoms. The largest absolute Gasteiger partial charge is 0.497 e. The number of ketones is 1. The van der Waals surface area contributed by atoms with Crippen LogP contribution in [-0.2, 0) is 23.9 Å². The highest BCUT2D eigenvalue weighted by atomic mass is 32.2. The lowest BCUT2D eigenvalue weighted by Crippen LogP contribution is -2.78. The van der Waals surface area contributed by atoms with Crippen molar-refractivity contribution in [3.63, 3.8) is 0 Å². The van der Waals surface area contributed by atoms with Gasteiger partial charge in [-0.25, -0.2) is 9.59 Å². The maximum Gasteiger partial charge on any atom is 0.339 e. The Morgan fingerprint density at radius 2 is 1.45 bits per heavy atom. The summed E-state index contributed by atoms with van der Waals surface area (Å²) in [5, 5.41) is -0.802. The summed E-state index contributed by atoms with van der Waals surface area (Å²) in [6.45, 7) is 7.32. The van der Waals surface area contributed by atoms with E-state index in [1.165, 1.54) is 26.0 Å². The van der Waals surface area contributed by atoms with Crippen LogP contribution in [0.3, 0.4) is 0 Å². The van der Waals surface area contributed by atoms with Crippen LogP contribution in [0.5, 0.6) is 5.75 Å². The lowest BCUT2D eigenvalue weighted by Gasteiger charge is -2.64. The summed E-state index contributed by atoms with van der Waals surface area (Å²) < 4.78 is 14.6. The van der Waals surface area contributed by atoms with Crippen molar-refractivity contribution >= 4 is 35.2 Å². The van der Waals surface area contributed by atoms with E-state index < -0.39 is 38.9 Å². The SMILES string of the molecule is COC(=O)[C@@H]1N(c2ccc(OC)cc2)[C@H](C(=O)OC)SC12C(C)(C)C(=O)C2(C)C.